The average molecular weight is 294 g/mol. The van der Waals surface area contributed by atoms with Crippen molar-refractivity contribution >= 4 is 17.3 Å². The van der Waals surface area contributed by atoms with Crippen LogP contribution in [0.25, 0.3) is 0 Å². The molecule has 0 heterocycles. The summed E-state index contributed by atoms with van der Waals surface area (Å²) in [7, 11) is 1.46. The highest BCUT2D eigenvalue weighted by Crippen LogP contribution is 2.27. The second-order valence-electron chi connectivity index (χ2n) is 4.72. The van der Waals surface area contributed by atoms with E-state index in [1.54, 1.807) is 12.1 Å². The molecule has 0 amide bonds. The van der Waals surface area contributed by atoms with Crippen LogP contribution in [0.3, 0.4) is 0 Å². The molecular weight excluding hydrogens is 277 g/mol. The van der Waals surface area contributed by atoms with E-state index in [9.17, 15) is 4.39 Å². The lowest BCUT2D eigenvalue weighted by molar-refractivity contribution is 0.385. The standard InChI is InChI=1S/C16H17ClFNO/c1-10-4-6-13(9-14(10)17)19-11(2)12-5-7-15(18)16(8-12)20-3/h4-9,11,19H,1-3H3. The first-order valence-electron chi connectivity index (χ1n) is 6.37. The van der Waals surface area contributed by atoms with Gasteiger partial charge in [-0.15, -0.1) is 0 Å². The summed E-state index contributed by atoms with van der Waals surface area (Å²) in [6, 6.07) is 10.7. The van der Waals surface area contributed by atoms with E-state index in [2.05, 4.69) is 5.32 Å². The smallest absolute Gasteiger partial charge is 0.165 e. The number of ether oxygens (including phenoxy) is 1. The summed E-state index contributed by atoms with van der Waals surface area (Å²) in [5.41, 5.74) is 2.91. The van der Waals surface area contributed by atoms with Crippen LogP contribution in [-0.4, -0.2) is 7.11 Å². The number of halogens is 2. The van der Waals surface area contributed by atoms with Gasteiger partial charge in [-0.2, -0.15) is 0 Å². The summed E-state index contributed by atoms with van der Waals surface area (Å²) in [4.78, 5) is 0. The van der Waals surface area contributed by atoms with Crippen molar-refractivity contribution in [3.05, 3.63) is 58.4 Å². The number of anilines is 1. The third-order valence-corrected chi connectivity index (χ3v) is 3.64. The van der Waals surface area contributed by atoms with Crippen molar-refractivity contribution in [2.75, 3.05) is 12.4 Å². The Labute approximate surface area is 123 Å². The van der Waals surface area contributed by atoms with Crippen molar-refractivity contribution in [1.29, 1.82) is 0 Å². The SMILES string of the molecule is COc1cc(C(C)Nc2ccc(C)c(Cl)c2)ccc1F. The molecule has 0 aliphatic heterocycles. The molecule has 4 heteroatoms. The fraction of sp³-hybridized carbons (Fsp3) is 0.250. The minimum atomic E-state index is -0.359. The topological polar surface area (TPSA) is 21.3 Å². The summed E-state index contributed by atoms with van der Waals surface area (Å²) in [6.07, 6.45) is 0. The Morgan fingerprint density at radius 3 is 2.60 bits per heavy atom. The second-order valence-corrected chi connectivity index (χ2v) is 5.13. The van der Waals surface area contributed by atoms with Crippen molar-refractivity contribution < 1.29 is 9.13 Å². The van der Waals surface area contributed by atoms with E-state index in [1.165, 1.54) is 13.2 Å². The fourth-order valence-corrected chi connectivity index (χ4v) is 2.14. The predicted molar refractivity (Wildman–Crippen MR) is 81.2 cm³/mol. The Kier molecular flexibility index (Phi) is 4.50. The van der Waals surface area contributed by atoms with Crippen molar-refractivity contribution in [1.82, 2.24) is 0 Å². The molecule has 2 aromatic rings. The third kappa shape index (κ3) is 3.23. The molecular formula is C16H17ClFNO. The van der Waals surface area contributed by atoms with Crippen molar-refractivity contribution in [3.8, 4) is 5.75 Å². The molecule has 1 N–H and O–H groups in total. The largest absolute Gasteiger partial charge is 0.494 e. The Morgan fingerprint density at radius 2 is 1.95 bits per heavy atom. The molecule has 1 atom stereocenters. The van der Waals surface area contributed by atoms with Gasteiger partial charge in [-0.25, -0.2) is 4.39 Å². The molecule has 0 radical (unpaired) electrons. The predicted octanol–water partition coefficient (Wildman–Crippen LogP) is 4.97. The first-order valence-corrected chi connectivity index (χ1v) is 6.75. The van der Waals surface area contributed by atoms with E-state index >= 15 is 0 Å². The van der Waals surface area contributed by atoms with Crippen LogP contribution in [0.1, 0.15) is 24.1 Å². The number of hydrogen-bond acceptors (Lipinski definition) is 2. The number of nitrogens with one attached hydrogen (secondary N) is 1. The molecule has 2 aromatic carbocycles. The van der Waals surface area contributed by atoms with Gasteiger partial charge in [-0.05, 0) is 49.2 Å². The third-order valence-electron chi connectivity index (χ3n) is 3.23. The van der Waals surface area contributed by atoms with Gasteiger partial charge < -0.3 is 10.1 Å². The van der Waals surface area contributed by atoms with Gasteiger partial charge in [0.25, 0.3) is 0 Å². The van der Waals surface area contributed by atoms with Gasteiger partial charge in [0.2, 0.25) is 0 Å². The highest BCUT2D eigenvalue weighted by molar-refractivity contribution is 6.31. The maximum absolute atomic E-state index is 13.4. The molecule has 2 nitrogen and oxygen atoms in total. The second kappa shape index (κ2) is 6.14. The molecule has 0 saturated heterocycles. The van der Waals surface area contributed by atoms with Gasteiger partial charge in [-0.3, -0.25) is 0 Å². The molecule has 0 aliphatic carbocycles. The summed E-state index contributed by atoms with van der Waals surface area (Å²) >= 11 is 6.10. The van der Waals surface area contributed by atoms with E-state index in [0.717, 1.165) is 21.8 Å². The maximum atomic E-state index is 13.4. The number of methoxy groups -OCH3 is 1. The number of benzene rings is 2. The van der Waals surface area contributed by atoms with Crippen molar-refractivity contribution in [2.24, 2.45) is 0 Å². The van der Waals surface area contributed by atoms with Gasteiger partial charge in [0.15, 0.2) is 11.6 Å². The van der Waals surface area contributed by atoms with Crippen LogP contribution in [0.5, 0.6) is 5.75 Å². The lowest BCUT2D eigenvalue weighted by Crippen LogP contribution is -2.07. The molecule has 0 fully saturated rings. The van der Waals surface area contributed by atoms with Crippen LogP contribution in [0.15, 0.2) is 36.4 Å². The van der Waals surface area contributed by atoms with Crippen molar-refractivity contribution in [3.63, 3.8) is 0 Å². The van der Waals surface area contributed by atoms with Crippen LogP contribution >= 0.6 is 11.6 Å². The van der Waals surface area contributed by atoms with Crippen LogP contribution in [-0.2, 0) is 0 Å². The Balaban J connectivity index is 2.19. The van der Waals surface area contributed by atoms with E-state index in [0.29, 0.717) is 0 Å². The van der Waals surface area contributed by atoms with E-state index < -0.39 is 0 Å². The Hall–Kier alpha value is -1.74. The minimum Gasteiger partial charge on any atom is -0.494 e. The fourth-order valence-electron chi connectivity index (χ4n) is 1.96. The molecule has 106 valence electrons. The summed E-state index contributed by atoms with van der Waals surface area (Å²) in [5.74, 6) is -0.111. The lowest BCUT2D eigenvalue weighted by Gasteiger charge is -2.17. The van der Waals surface area contributed by atoms with Gasteiger partial charge in [-0.1, -0.05) is 23.7 Å². The van der Waals surface area contributed by atoms with E-state index in [4.69, 9.17) is 16.3 Å². The van der Waals surface area contributed by atoms with Gasteiger partial charge in [0, 0.05) is 16.8 Å². The lowest BCUT2D eigenvalue weighted by atomic mass is 10.1. The quantitative estimate of drug-likeness (QED) is 0.859. The maximum Gasteiger partial charge on any atom is 0.165 e. The van der Waals surface area contributed by atoms with Crippen LogP contribution < -0.4 is 10.1 Å². The Bertz CT molecular complexity index is 615. The first kappa shape index (κ1) is 14.7. The molecule has 2 rings (SSSR count). The summed E-state index contributed by atoms with van der Waals surface area (Å²) in [5, 5.41) is 4.06. The minimum absolute atomic E-state index is 0.0169. The number of hydrogen-bond donors (Lipinski definition) is 1. The molecule has 0 aromatic heterocycles. The monoisotopic (exact) mass is 293 g/mol. The number of aryl methyl sites for hydroxylation is 1. The molecule has 0 saturated carbocycles. The average Bonchev–Trinajstić information content (AvgIpc) is 2.43. The van der Waals surface area contributed by atoms with Crippen LogP contribution in [0.2, 0.25) is 5.02 Å². The molecule has 0 spiro atoms. The van der Waals surface area contributed by atoms with Gasteiger partial charge in [0.1, 0.15) is 0 Å². The van der Waals surface area contributed by atoms with Gasteiger partial charge in [0.05, 0.1) is 7.11 Å². The Morgan fingerprint density at radius 1 is 1.20 bits per heavy atom. The highest BCUT2D eigenvalue weighted by Gasteiger charge is 2.10. The summed E-state index contributed by atoms with van der Waals surface area (Å²) < 4.78 is 18.4. The molecule has 0 bridgehead atoms. The van der Waals surface area contributed by atoms with Crippen LogP contribution in [0, 0.1) is 12.7 Å². The molecule has 1 unspecified atom stereocenters. The zero-order valence-corrected chi connectivity index (χ0v) is 12.5. The normalized spacial score (nSPS) is 12.1. The van der Waals surface area contributed by atoms with E-state index in [1.807, 2.05) is 32.0 Å². The molecule has 20 heavy (non-hydrogen) atoms. The van der Waals surface area contributed by atoms with Gasteiger partial charge >= 0.3 is 0 Å². The zero-order chi connectivity index (χ0) is 14.7. The van der Waals surface area contributed by atoms with Crippen molar-refractivity contribution in [2.45, 2.75) is 19.9 Å². The first-order chi connectivity index (χ1) is 9.51. The molecule has 0 aliphatic rings. The highest BCUT2D eigenvalue weighted by atomic mass is 35.5. The number of rotatable bonds is 4. The van der Waals surface area contributed by atoms with Crippen LogP contribution in [0.4, 0.5) is 10.1 Å². The summed E-state index contributed by atoms with van der Waals surface area (Å²) in [6.45, 7) is 3.96. The van der Waals surface area contributed by atoms with E-state index in [-0.39, 0.29) is 17.6 Å². The zero-order valence-electron chi connectivity index (χ0n) is 11.7.